The summed E-state index contributed by atoms with van der Waals surface area (Å²) in [5, 5.41) is 10.4. The van der Waals surface area contributed by atoms with E-state index in [2.05, 4.69) is 4.74 Å². The van der Waals surface area contributed by atoms with Gasteiger partial charge in [-0.05, 0) is 73.5 Å². The SMILES string of the molecule is COC(=O)/C=C/c1ccc(C(OC)=C2C3CC4CC(C3)CC2C4)cc1O. The monoisotopic (exact) mass is 354 g/mol. The molecule has 0 unspecified atom stereocenters. The van der Waals surface area contributed by atoms with Gasteiger partial charge in [-0.15, -0.1) is 0 Å². The highest BCUT2D eigenvalue weighted by Gasteiger charge is 2.46. The van der Waals surface area contributed by atoms with Crippen molar-refractivity contribution < 1.29 is 19.4 Å². The molecule has 0 radical (unpaired) electrons. The predicted molar refractivity (Wildman–Crippen MR) is 100 cm³/mol. The van der Waals surface area contributed by atoms with Crippen LogP contribution in [0, 0.1) is 23.7 Å². The number of esters is 1. The number of hydrogen-bond donors (Lipinski definition) is 1. The van der Waals surface area contributed by atoms with Gasteiger partial charge in [0.15, 0.2) is 0 Å². The summed E-state index contributed by atoms with van der Waals surface area (Å²) in [6.45, 7) is 0. The van der Waals surface area contributed by atoms with Crippen LogP contribution in [0.2, 0.25) is 0 Å². The van der Waals surface area contributed by atoms with Crippen LogP contribution in [0.5, 0.6) is 5.75 Å². The molecule has 0 spiro atoms. The number of carbonyl (C=O) groups excluding carboxylic acids is 1. The van der Waals surface area contributed by atoms with Crippen molar-refractivity contribution in [2.75, 3.05) is 14.2 Å². The fourth-order valence-corrected chi connectivity index (χ4v) is 5.52. The van der Waals surface area contributed by atoms with Gasteiger partial charge in [0.2, 0.25) is 0 Å². The predicted octanol–water partition coefficient (Wildman–Crippen LogP) is 4.39. The van der Waals surface area contributed by atoms with Gasteiger partial charge >= 0.3 is 5.97 Å². The molecular weight excluding hydrogens is 328 g/mol. The normalized spacial score (nSPS) is 29.2. The van der Waals surface area contributed by atoms with E-state index in [1.54, 1.807) is 19.3 Å². The zero-order valence-electron chi connectivity index (χ0n) is 15.4. The van der Waals surface area contributed by atoms with Crippen molar-refractivity contribution in [1.29, 1.82) is 0 Å². The molecular formula is C22H26O4. The number of carbonyl (C=O) groups is 1. The summed E-state index contributed by atoms with van der Waals surface area (Å²) in [5.74, 6) is 3.72. The van der Waals surface area contributed by atoms with Crippen LogP contribution in [0.4, 0.5) is 0 Å². The van der Waals surface area contributed by atoms with Gasteiger partial charge in [-0.1, -0.05) is 12.1 Å². The Hall–Kier alpha value is -2.23. The van der Waals surface area contributed by atoms with Crippen LogP contribution in [0.3, 0.4) is 0 Å². The van der Waals surface area contributed by atoms with Crippen LogP contribution in [0.15, 0.2) is 29.8 Å². The first-order valence-corrected chi connectivity index (χ1v) is 9.46. The number of aromatic hydroxyl groups is 1. The summed E-state index contributed by atoms with van der Waals surface area (Å²) >= 11 is 0. The second-order valence-electron chi connectivity index (χ2n) is 7.92. The van der Waals surface area contributed by atoms with Crippen molar-refractivity contribution in [2.45, 2.75) is 32.1 Å². The second-order valence-corrected chi connectivity index (χ2v) is 7.92. The molecule has 0 heterocycles. The number of ether oxygens (including phenoxy) is 2. The zero-order valence-corrected chi connectivity index (χ0v) is 15.4. The van der Waals surface area contributed by atoms with Gasteiger partial charge < -0.3 is 14.6 Å². The minimum atomic E-state index is -0.443. The molecule has 1 N–H and O–H groups in total. The van der Waals surface area contributed by atoms with Crippen molar-refractivity contribution in [1.82, 2.24) is 0 Å². The molecule has 4 heteroatoms. The third-order valence-corrected chi connectivity index (χ3v) is 6.38. The highest BCUT2D eigenvalue weighted by Crippen LogP contribution is 2.58. The van der Waals surface area contributed by atoms with E-state index in [1.165, 1.54) is 50.9 Å². The molecule has 26 heavy (non-hydrogen) atoms. The summed E-state index contributed by atoms with van der Waals surface area (Å²) in [4.78, 5) is 11.2. The highest BCUT2D eigenvalue weighted by molar-refractivity contribution is 5.87. The Morgan fingerprint density at radius 1 is 1.04 bits per heavy atom. The van der Waals surface area contributed by atoms with E-state index in [4.69, 9.17) is 4.74 Å². The zero-order chi connectivity index (χ0) is 18.3. The maximum Gasteiger partial charge on any atom is 0.330 e. The van der Waals surface area contributed by atoms with Crippen LogP contribution in [0.1, 0.15) is 43.2 Å². The van der Waals surface area contributed by atoms with E-state index in [0.29, 0.717) is 17.4 Å². The molecule has 4 aliphatic rings. The fourth-order valence-electron chi connectivity index (χ4n) is 5.52. The Kier molecular flexibility index (Phi) is 4.51. The molecule has 4 saturated carbocycles. The smallest absolute Gasteiger partial charge is 0.330 e. The van der Waals surface area contributed by atoms with Crippen LogP contribution < -0.4 is 0 Å². The molecule has 4 bridgehead atoms. The molecule has 0 amide bonds. The van der Waals surface area contributed by atoms with Crippen molar-refractivity contribution in [3.05, 3.63) is 41.0 Å². The molecule has 0 atom stereocenters. The van der Waals surface area contributed by atoms with Gasteiger partial charge in [-0.25, -0.2) is 4.79 Å². The van der Waals surface area contributed by atoms with Gasteiger partial charge in [0.05, 0.1) is 14.2 Å². The Bertz CT molecular complexity index is 744. The van der Waals surface area contributed by atoms with Crippen LogP contribution in [-0.4, -0.2) is 25.3 Å². The number of hydrogen-bond acceptors (Lipinski definition) is 4. The number of allylic oxidation sites excluding steroid dienone is 1. The highest BCUT2D eigenvalue weighted by atomic mass is 16.5. The van der Waals surface area contributed by atoms with Crippen molar-refractivity contribution in [3.8, 4) is 5.75 Å². The third kappa shape index (κ3) is 3.02. The molecule has 1 aromatic carbocycles. The quantitative estimate of drug-likeness (QED) is 0.495. The summed E-state index contributed by atoms with van der Waals surface area (Å²) in [6.07, 6.45) is 9.46. The lowest BCUT2D eigenvalue weighted by atomic mass is 9.54. The number of phenolic OH excluding ortho intramolecular Hbond substituents is 1. The Morgan fingerprint density at radius 2 is 1.69 bits per heavy atom. The second kappa shape index (κ2) is 6.82. The number of methoxy groups -OCH3 is 2. The van der Waals surface area contributed by atoms with E-state index in [1.807, 2.05) is 12.1 Å². The minimum Gasteiger partial charge on any atom is -0.507 e. The summed E-state index contributed by atoms with van der Waals surface area (Å²) in [7, 11) is 3.06. The average molecular weight is 354 g/mol. The molecule has 5 rings (SSSR count). The van der Waals surface area contributed by atoms with E-state index in [-0.39, 0.29) is 5.75 Å². The third-order valence-electron chi connectivity index (χ3n) is 6.38. The van der Waals surface area contributed by atoms with Crippen molar-refractivity contribution >= 4 is 17.8 Å². The molecule has 0 saturated heterocycles. The Morgan fingerprint density at radius 3 is 2.23 bits per heavy atom. The minimum absolute atomic E-state index is 0.140. The lowest BCUT2D eigenvalue weighted by Gasteiger charge is -2.51. The Balaban J connectivity index is 1.66. The summed E-state index contributed by atoms with van der Waals surface area (Å²) in [5.41, 5.74) is 2.98. The van der Waals surface area contributed by atoms with E-state index in [9.17, 15) is 9.90 Å². The largest absolute Gasteiger partial charge is 0.507 e. The lowest BCUT2D eigenvalue weighted by molar-refractivity contribution is -0.134. The molecule has 4 fully saturated rings. The van der Waals surface area contributed by atoms with Crippen LogP contribution in [0.25, 0.3) is 11.8 Å². The fraction of sp³-hybridized carbons (Fsp3) is 0.500. The number of rotatable bonds is 4. The van der Waals surface area contributed by atoms with Crippen molar-refractivity contribution in [3.63, 3.8) is 0 Å². The van der Waals surface area contributed by atoms with Crippen molar-refractivity contribution in [2.24, 2.45) is 23.7 Å². The van der Waals surface area contributed by atoms with Gasteiger partial charge in [-0.3, -0.25) is 0 Å². The molecule has 138 valence electrons. The topological polar surface area (TPSA) is 55.8 Å². The molecule has 4 nitrogen and oxygen atoms in total. The van der Waals surface area contributed by atoms with E-state index in [0.717, 1.165) is 23.2 Å². The van der Waals surface area contributed by atoms with E-state index < -0.39 is 5.97 Å². The van der Waals surface area contributed by atoms with Gasteiger partial charge in [-0.2, -0.15) is 0 Å². The maximum absolute atomic E-state index is 11.2. The lowest BCUT2D eigenvalue weighted by Crippen LogP contribution is -2.40. The summed E-state index contributed by atoms with van der Waals surface area (Å²) < 4.78 is 10.4. The first-order valence-electron chi connectivity index (χ1n) is 9.46. The molecule has 1 aromatic rings. The van der Waals surface area contributed by atoms with Gasteiger partial charge in [0, 0.05) is 17.2 Å². The molecule has 4 aliphatic carbocycles. The molecule has 0 aromatic heterocycles. The standard InChI is InChI=1S/C22H26O4/c1-25-20(24)6-5-15-3-4-16(12-19(15)23)22(26-2)21-17-8-13-7-14(10-17)11-18(21)9-13/h3-6,12-14,17-18,23H,7-11H2,1-2H3/b6-5+,22-21?. The first-order chi connectivity index (χ1) is 12.6. The van der Waals surface area contributed by atoms with Gasteiger partial charge in [0.1, 0.15) is 11.5 Å². The van der Waals surface area contributed by atoms with Crippen LogP contribution >= 0.6 is 0 Å². The first kappa shape index (κ1) is 17.2. The van der Waals surface area contributed by atoms with Gasteiger partial charge in [0.25, 0.3) is 0 Å². The van der Waals surface area contributed by atoms with Crippen LogP contribution in [-0.2, 0) is 14.3 Å². The maximum atomic E-state index is 11.2. The Labute approximate surface area is 154 Å². The number of benzene rings is 1. The summed E-state index contributed by atoms with van der Waals surface area (Å²) in [6, 6.07) is 5.53. The number of phenols is 1. The van der Waals surface area contributed by atoms with E-state index >= 15 is 0 Å². The molecule has 0 aliphatic heterocycles. The average Bonchev–Trinajstić information content (AvgIpc) is 2.62.